The van der Waals surface area contributed by atoms with Crippen molar-refractivity contribution < 1.29 is 14.1 Å². The SMILES string of the molecule is O=C(Cc1ccsc1)NCc1noc(C2CCCO2)n1. The lowest BCUT2D eigenvalue weighted by molar-refractivity contribution is -0.120. The number of carbonyl (C=O) groups excluding carboxylic acids is 1. The number of hydrogen-bond acceptors (Lipinski definition) is 6. The lowest BCUT2D eigenvalue weighted by Crippen LogP contribution is -2.24. The van der Waals surface area contributed by atoms with Crippen molar-refractivity contribution in [2.75, 3.05) is 6.61 Å². The fourth-order valence-corrected chi connectivity index (χ4v) is 2.73. The summed E-state index contributed by atoms with van der Waals surface area (Å²) in [6, 6.07) is 1.94. The summed E-state index contributed by atoms with van der Waals surface area (Å²) in [7, 11) is 0. The lowest BCUT2D eigenvalue weighted by Gasteiger charge is -2.01. The summed E-state index contributed by atoms with van der Waals surface area (Å²) < 4.78 is 10.6. The molecule has 20 heavy (non-hydrogen) atoms. The van der Waals surface area contributed by atoms with E-state index in [1.54, 1.807) is 11.3 Å². The van der Waals surface area contributed by atoms with Crippen LogP contribution < -0.4 is 5.32 Å². The number of rotatable bonds is 5. The first-order valence-corrected chi connectivity index (χ1v) is 7.47. The predicted octanol–water partition coefficient (Wildman–Crippen LogP) is 1.84. The fourth-order valence-electron chi connectivity index (χ4n) is 2.06. The van der Waals surface area contributed by atoms with Crippen molar-refractivity contribution in [3.63, 3.8) is 0 Å². The maximum absolute atomic E-state index is 11.7. The minimum Gasteiger partial charge on any atom is -0.368 e. The van der Waals surface area contributed by atoms with Gasteiger partial charge in [-0.05, 0) is 35.2 Å². The summed E-state index contributed by atoms with van der Waals surface area (Å²) in [5.41, 5.74) is 1.01. The normalized spacial score (nSPS) is 18.3. The number of carbonyl (C=O) groups is 1. The topological polar surface area (TPSA) is 77.2 Å². The molecule has 1 aliphatic heterocycles. The largest absolute Gasteiger partial charge is 0.368 e. The van der Waals surface area contributed by atoms with Crippen molar-refractivity contribution in [1.29, 1.82) is 0 Å². The molecule has 3 rings (SSSR count). The van der Waals surface area contributed by atoms with Gasteiger partial charge in [0, 0.05) is 6.61 Å². The number of thiophene rings is 1. The van der Waals surface area contributed by atoms with Crippen molar-refractivity contribution in [2.45, 2.75) is 31.9 Å². The van der Waals surface area contributed by atoms with Crippen LogP contribution in [0.15, 0.2) is 21.3 Å². The minimum atomic E-state index is -0.0854. The first-order valence-electron chi connectivity index (χ1n) is 6.53. The molecule has 2 aromatic heterocycles. The highest BCUT2D eigenvalue weighted by Crippen LogP contribution is 2.26. The van der Waals surface area contributed by atoms with Crippen molar-refractivity contribution >= 4 is 17.2 Å². The van der Waals surface area contributed by atoms with Crippen molar-refractivity contribution in [1.82, 2.24) is 15.5 Å². The van der Waals surface area contributed by atoms with Gasteiger partial charge < -0.3 is 14.6 Å². The zero-order valence-corrected chi connectivity index (χ0v) is 11.7. The first kappa shape index (κ1) is 13.3. The Balaban J connectivity index is 1.49. The molecule has 1 amide bonds. The van der Waals surface area contributed by atoms with Crippen LogP contribution in [0.3, 0.4) is 0 Å². The number of ether oxygens (including phenoxy) is 1. The van der Waals surface area contributed by atoms with Gasteiger partial charge in [0.1, 0.15) is 6.10 Å². The highest BCUT2D eigenvalue weighted by Gasteiger charge is 2.23. The number of amides is 1. The highest BCUT2D eigenvalue weighted by atomic mass is 32.1. The molecule has 0 saturated carbocycles. The molecule has 7 heteroatoms. The molecule has 1 fully saturated rings. The Morgan fingerprint density at radius 3 is 3.25 bits per heavy atom. The molecular weight excluding hydrogens is 278 g/mol. The maximum atomic E-state index is 11.7. The van der Waals surface area contributed by atoms with Crippen molar-refractivity contribution in [3.05, 3.63) is 34.1 Å². The second kappa shape index (κ2) is 6.15. The van der Waals surface area contributed by atoms with Crippen LogP contribution in [0, 0.1) is 0 Å². The molecular formula is C13H15N3O3S. The maximum Gasteiger partial charge on any atom is 0.255 e. The quantitative estimate of drug-likeness (QED) is 0.910. The summed E-state index contributed by atoms with van der Waals surface area (Å²) in [5.74, 6) is 0.936. The lowest BCUT2D eigenvalue weighted by atomic mass is 10.2. The number of nitrogens with one attached hydrogen (secondary N) is 1. The molecule has 6 nitrogen and oxygen atoms in total. The third-order valence-electron chi connectivity index (χ3n) is 3.08. The Bertz CT molecular complexity index is 561. The predicted molar refractivity (Wildman–Crippen MR) is 72.1 cm³/mol. The second-order valence-electron chi connectivity index (χ2n) is 4.64. The van der Waals surface area contributed by atoms with Gasteiger partial charge in [0.15, 0.2) is 5.82 Å². The molecule has 0 spiro atoms. The first-order chi connectivity index (χ1) is 9.81. The summed E-state index contributed by atoms with van der Waals surface area (Å²) >= 11 is 1.58. The molecule has 0 radical (unpaired) electrons. The van der Waals surface area contributed by atoms with E-state index in [1.165, 1.54) is 0 Å². The third-order valence-corrected chi connectivity index (χ3v) is 3.81. The molecule has 0 aromatic carbocycles. The van der Waals surface area contributed by atoms with E-state index >= 15 is 0 Å². The van der Waals surface area contributed by atoms with Gasteiger partial charge in [-0.25, -0.2) is 0 Å². The van der Waals surface area contributed by atoms with Crippen LogP contribution in [-0.4, -0.2) is 22.7 Å². The van der Waals surface area contributed by atoms with E-state index in [0.29, 0.717) is 18.1 Å². The molecule has 1 unspecified atom stereocenters. The summed E-state index contributed by atoms with van der Waals surface area (Å²) in [6.45, 7) is 1.01. The molecule has 1 aliphatic rings. The van der Waals surface area contributed by atoms with E-state index in [4.69, 9.17) is 9.26 Å². The molecule has 1 atom stereocenters. The zero-order valence-electron chi connectivity index (χ0n) is 10.9. The van der Waals surface area contributed by atoms with Gasteiger partial charge in [0.25, 0.3) is 5.89 Å². The molecule has 1 saturated heterocycles. The monoisotopic (exact) mass is 293 g/mol. The van der Waals surface area contributed by atoms with Crippen LogP contribution >= 0.6 is 11.3 Å². The van der Waals surface area contributed by atoms with Gasteiger partial charge in [-0.2, -0.15) is 16.3 Å². The molecule has 0 aliphatic carbocycles. The molecule has 0 bridgehead atoms. The van der Waals surface area contributed by atoms with E-state index in [1.807, 2.05) is 16.8 Å². The van der Waals surface area contributed by atoms with Crippen LogP contribution in [0.1, 0.15) is 36.2 Å². The van der Waals surface area contributed by atoms with Gasteiger partial charge >= 0.3 is 0 Å². The Kier molecular flexibility index (Phi) is 4.08. The number of aromatic nitrogens is 2. The Morgan fingerprint density at radius 2 is 2.50 bits per heavy atom. The summed E-state index contributed by atoms with van der Waals surface area (Å²) in [6.07, 6.45) is 2.21. The highest BCUT2D eigenvalue weighted by molar-refractivity contribution is 7.07. The van der Waals surface area contributed by atoms with E-state index in [0.717, 1.165) is 25.0 Å². The van der Waals surface area contributed by atoms with E-state index in [9.17, 15) is 4.79 Å². The van der Waals surface area contributed by atoms with Gasteiger partial charge in [-0.15, -0.1) is 0 Å². The van der Waals surface area contributed by atoms with Gasteiger partial charge in [0.05, 0.1) is 13.0 Å². The summed E-state index contributed by atoms with van der Waals surface area (Å²) in [5, 5.41) is 10.5. The average Bonchev–Trinajstić information content (AvgIpc) is 3.18. The van der Waals surface area contributed by atoms with Crippen LogP contribution in [-0.2, 0) is 22.5 Å². The minimum absolute atomic E-state index is 0.0492. The fraction of sp³-hybridized carbons (Fsp3) is 0.462. The average molecular weight is 293 g/mol. The van der Waals surface area contributed by atoms with E-state index in [-0.39, 0.29) is 18.6 Å². The molecule has 2 aromatic rings. The second-order valence-corrected chi connectivity index (χ2v) is 5.42. The molecule has 3 heterocycles. The number of hydrogen-bond donors (Lipinski definition) is 1. The Hall–Kier alpha value is -1.73. The Morgan fingerprint density at radius 1 is 1.55 bits per heavy atom. The smallest absolute Gasteiger partial charge is 0.255 e. The van der Waals surface area contributed by atoms with Gasteiger partial charge in [0.2, 0.25) is 5.91 Å². The summed E-state index contributed by atoms with van der Waals surface area (Å²) in [4.78, 5) is 16.0. The van der Waals surface area contributed by atoms with E-state index in [2.05, 4.69) is 15.5 Å². The van der Waals surface area contributed by atoms with Crippen LogP contribution in [0.5, 0.6) is 0 Å². The Labute approximate surface area is 120 Å². The van der Waals surface area contributed by atoms with E-state index < -0.39 is 0 Å². The van der Waals surface area contributed by atoms with Crippen molar-refractivity contribution in [2.24, 2.45) is 0 Å². The van der Waals surface area contributed by atoms with Crippen molar-refractivity contribution in [3.8, 4) is 0 Å². The molecule has 106 valence electrons. The third kappa shape index (κ3) is 3.23. The van der Waals surface area contributed by atoms with Crippen LogP contribution in [0.2, 0.25) is 0 Å². The zero-order chi connectivity index (χ0) is 13.8. The number of nitrogens with zero attached hydrogens (tertiary/aromatic N) is 2. The standard InChI is InChI=1S/C13H15N3O3S/c17-12(6-9-3-5-20-8-9)14-7-11-15-13(19-16-11)10-2-1-4-18-10/h3,5,8,10H,1-2,4,6-7H2,(H,14,17). The van der Waals surface area contributed by atoms with Gasteiger partial charge in [-0.1, -0.05) is 5.16 Å². The molecule has 1 N–H and O–H groups in total. The van der Waals surface area contributed by atoms with Gasteiger partial charge in [-0.3, -0.25) is 4.79 Å². The van der Waals surface area contributed by atoms with Crippen LogP contribution in [0.25, 0.3) is 0 Å². The van der Waals surface area contributed by atoms with Crippen LogP contribution in [0.4, 0.5) is 0 Å².